The SMILES string of the molecule is CCCCCCCCCCCCCCCCCC(=O)O[C@@H](COC(=O)CCCCCCCCCCC(C)C)COC(=O)CCCCCCCCCCC(C)CC. The summed E-state index contributed by atoms with van der Waals surface area (Å²) in [5.41, 5.74) is 0. The fourth-order valence-corrected chi connectivity index (χ4v) is 7.43. The van der Waals surface area contributed by atoms with Crippen molar-refractivity contribution in [3.8, 4) is 0 Å². The minimum Gasteiger partial charge on any atom is -0.462 e. The van der Waals surface area contributed by atoms with E-state index in [9.17, 15) is 14.4 Å². The molecule has 0 radical (unpaired) electrons. The Labute approximate surface area is 348 Å². The van der Waals surface area contributed by atoms with Crippen molar-refractivity contribution in [2.45, 2.75) is 278 Å². The minimum absolute atomic E-state index is 0.0650. The number of carbonyl (C=O) groups is 3. The molecule has 0 N–H and O–H groups in total. The van der Waals surface area contributed by atoms with Crippen molar-refractivity contribution in [2.75, 3.05) is 13.2 Å². The zero-order valence-electron chi connectivity index (χ0n) is 38.3. The van der Waals surface area contributed by atoms with Gasteiger partial charge in [-0.15, -0.1) is 0 Å². The molecule has 2 atom stereocenters. The van der Waals surface area contributed by atoms with Crippen LogP contribution in [0.5, 0.6) is 0 Å². The second-order valence-corrected chi connectivity index (χ2v) is 17.8. The van der Waals surface area contributed by atoms with Gasteiger partial charge in [0.1, 0.15) is 13.2 Å². The van der Waals surface area contributed by atoms with Crippen LogP contribution in [0.1, 0.15) is 272 Å². The van der Waals surface area contributed by atoms with Crippen molar-refractivity contribution >= 4 is 17.9 Å². The highest BCUT2D eigenvalue weighted by molar-refractivity contribution is 5.71. The lowest BCUT2D eigenvalue weighted by Crippen LogP contribution is -2.30. The van der Waals surface area contributed by atoms with Crippen LogP contribution >= 0.6 is 0 Å². The van der Waals surface area contributed by atoms with E-state index in [-0.39, 0.29) is 31.1 Å². The summed E-state index contributed by atoms with van der Waals surface area (Å²) in [7, 11) is 0. The molecule has 0 aliphatic carbocycles. The van der Waals surface area contributed by atoms with Crippen LogP contribution in [0.25, 0.3) is 0 Å². The molecule has 0 aromatic rings. The third-order valence-electron chi connectivity index (χ3n) is 11.6. The maximum absolute atomic E-state index is 12.8. The molecule has 0 amide bonds. The molecule has 0 rings (SSSR count). The number of esters is 3. The van der Waals surface area contributed by atoms with Crippen LogP contribution in [-0.2, 0) is 28.6 Å². The normalized spacial score (nSPS) is 12.5. The molecular formula is C50H96O6. The number of hydrogen-bond acceptors (Lipinski definition) is 6. The maximum atomic E-state index is 12.8. The highest BCUT2D eigenvalue weighted by Gasteiger charge is 2.19. The summed E-state index contributed by atoms with van der Waals surface area (Å²) in [5, 5.41) is 0. The molecule has 0 fully saturated rings. The van der Waals surface area contributed by atoms with Gasteiger partial charge in [-0.2, -0.15) is 0 Å². The molecule has 0 bridgehead atoms. The molecule has 0 heterocycles. The summed E-state index contributed by atoms with van der Waals surface area (Å²) in [4.78, 5) is 37.8. The fraction of sp³-hybridized carbons (Fsp3) is 0.940. The van der Waals surface area contributed by atoms with Crippen molar-refractivity contribution in [1.82, 2.24) is 0 Å². The number of unbranched alkanes of at least 4 members (excludes halogenated alkanes) is 28. The summed E-state index contributed by atoms with van der Waals surface area (Å²) in [6.07, 6.45) is 42.3. The van der Waals surface area contributed by atoms with Gasteiger partial charge >= 0.3 is 17.9 Å². The Morgan fingerprint density at radius 1 is 0.375 bits per heavy atom. The van der Waals surface area contributed by atoms with Crippen LogP contribution in [0.3, 0.4) is 0 Å². The molecule has 6 heteroatoms. The number of hydrogen-bond donors (Lipinski definition) is 0. The summed E-state index contributed by atoms with van der Waals surface area (Å²) < 4.78 is 16.8. The predicted octanol–water partition coefficient (Wildman–Crippen LogP) is 15.8. The lowest BCUT2D eigenvalue weighted by molar-refractivity contribution is -0.167. The highest BCUT2D eigenvalue weighted by Crippen LogP contribution is 2.17. The Kier molecular flexibility index (Phi) is 41.8. The average Bonchev–Trinajstić information content (AvgIpc) is 3.18. The van der Waals surface area contributed by atoms with Crippen molar-refractivity contribution in [3.63, 3.8) is 0 Å². The third-order valence-corrected chi connectivity index (χ3v) is 11.6. The highest BCUT2D eigenvalue weighted by atomic mass is 16.6. The minimum atomic E-state index is -0.761. The Hall–Kier alpha value is -1.59. The van der Waals surface area contributed by atoms with E-state index in [1.807, 2.05) is 0 Å². The zero-order chi connectivity index (χ0) is 41.2. The average molecular weight is 793 g/mol. The summed E-state index contributed by atoms with van der Waals surface area (Å²) >= 11 is 0. The van der Waals surface area contributed by atoms with Crippen LogP contribution in [0.2, 0.25) is 0 Å². The first-order valence-electron chi connectivity index (χ1n) is 24.8. The van der Waals surface area contributed by atoms with Crippen molar-refractivity contribution in [1.29, 1.82) is 0 Å². The smallest absolute Gasteiger partial charge is 0.306 e. The predicted molar refractivity (Wildman–Crippen MR) is 238 cm³/mol. The van der Waals surface area contributed by atoms with E-state index in [4.69, 9.17) is 14.2 Å². The number of rotatable bonds is 44. The van der Waals surface area contributed by atoms with Crippen molar-refractivity contribution in [3.05, 3.63) is 0 Å². The molecule has 0 spiro atoms. The topological polar surface area (TPSA) is 78.9 Å². The lowest BCUT2D eigenvalue weighted by Gasteiger charge is -2.18. The van der Waals surface area contributed by atoms with Gasteiger partial charge in [0.25, 0.3) is 0 Å². The van der Waals surface area contributed by atoms with Crippen LogP contribution < -0.4 is 0 Å². The third kappa shape index (κ3) is 42.0. The Bertz CT molecular complexity index is 856. The Morgan fingerprint density at radius 2 is 0.679 bits per heavy atom. The van der Waals surface area contributed by atoms with Crippen LogP contribution in [0, 0.1) is 11.8 Å². The van der Waals surface area contributed by atoms with Gasteiger partial charge in [-0.05, 0) is 31.1 Å². The maximum Gasteiger partial charge on any atom is 0.306 e. The molecule has 0 saturated carbocycles. The van der Waals surface area contributed by atoms with Crippen LogP contribution in [0.15, 0.2) is 0 Å². The molecule has 6 nitrogen and oxygen atoms in total. The van der Waals surface area contributed by atoms with Gasteiger partial charge < -0.3 is 14.2 Å². The van der Waals surface area contributed by atoms with Crippen LogP contribution in [0.4, 0.5) is 0 Å². The number of carbonyl (C=O) groups excluding carboxylic acids is 3. The van der Waals surface area contributed by atoms with E-state index in [1.165, 1.54) is 161 Å². The van der Waals surface area contributed by atoms with Gasteiger partial charge in [-0.25, -0.2) is 0 Å². The molecule has 332 valence electrons. The van der Waals surface area contributed by atoms with E-state index >= 15 is 0 Å². The van der Waals surface area contributed by atoms with Crippen molar-refractivity contribution < 1.29 is 28.6 Å². The van der Waals surface area contributed by atoms with E-state index < -0.39 is 6.10 Å². The van der Waals surface area contributed by atoms with Gasteiger partial charge in [-0.3, -0.25) is 14.4 Å². The van der Waals surface area contributed by atoms with E-state index in [1.54, 1.807) is 0 Å². The quantitative estimate of drug-likeness (QED) is 0.0347. The van der Waals surface area contributed by atoms with Gasteiger partial charge in [0.2, 0.25) is 0 Å². The first-order chi connectivity index (χ1) is 27.3. The molecule has 1 unspecified atom stereocenters. The first-order valence-corrected chi connectivity index (χ1v) is 24.8. The van der Waals surface area contributed by atoms with Crippen LogP contribution in [-0.4, -0.2) is 37.2 Å². The second-order valence-electron chi connectivity index (χ2n) is 17.8. The monoisotopic (exact) mass is 793 g/mol. The lowest BCUT2D eigenvalue weighted by atomic mass is 9.99. The standard InChI is InChI=1S/C50H96O6/c1-6-8-9-10-11-12-13-14-15-16-17-18-27-32-37-42-50(53)56-47(43-54-48(51)40-35-30-25-21-19-23-28-33-38-45(3)4)44-55-49(52)41-36-31-26-22-20-24-29-34-39-46(5)7-2/h45-47H,6-44H2,1-5H3/t46?,47-/m0/s1. The summed E-state index contributed by atoms with van der Waals surface area (Å²) in [5.74, 6) is 0.790. The Morgan fingerprint density at radius 3 is 1.02 bits per heavy atom. The first kappa shape index (κ1) is 54.4. The molecular weight excluding hydrogens is 697 g/mol. The largest absolute Gasteiger partial charge is 0.462 e. The van der Waals surface area contributed by atoms with Gasteiger partial charge in [0.15, 0.2) is 6.10 Å². The van der Waals surface area contributed by atoms with E-state index in [0.29, 0.717) is 19.3 Å². The van der Waals surface area contributed by atoms with E-state index in [2.05, 4.69) is 34.6 Å². The summed E-state index contributed by atoms with van der Waals surface area (Å²) in [6.45, 7) is 11.3. The molecule has 0 saturated heterocycles. The molecule has 0 aliphatic heterocycles. The van der Waals surface area contributed by atoms with Gasteiger partial charge in [0, 0.05) is 19.3 Å². The Balaban J connectivity index is 4.33. The number of ether oxygens (including phenoxy) is 3. The fourth-order valence-electron chi connectivity index (χ4n) is 7.43. The molecule has 0 aliphatic rings. The van der Waals surface area contributed by atoms with E-state index in [0.717, 1.165) is 69.6 Å². The van der Waals surface area contributed by atoms with Gasteiger partial charge in [-0.1, -0.05) is 234 Å². The molecule has 0 aromatic carbocycles. The second kappa shape index (κ2) is 43.0. The van der Waals surface area contributed by atoms with Crippen molar-refractivity contribution in [2.24, 2.45) is 11.8 Å². The summed E-state index contributed by atoms with van der Waals surface area (Å²) in [6, 6.07) is 0. The molecule has 56 heavy (non-hydrogen) atoms. The zero-order valence-corrected chi connectivity index (χ0v) is 38.3. The van der Waals surface area contributed by atoms with Gasteiger partial charge in [0.05, 0.1) is 0 Å². The molecule has 0 aromatic heterocycles.